The smallest absolute Gasteiger partial charge is 0.00106 e. The molecule has 3 rings (SSSR count). The van der Waals surface area contributed by atoms with E-state index in [1.54, 1.807) is 0 Å². The third-order valence-electron chi connectivity index (χ3n) is 3.48. The van der Waals surface area contributed by atoms with E-state index in [9.17, 15) is 0 Å². The van der Waals surface area contributed by atoms with Crippen LogP contribution < -0.4 is 0 Å². The molecule has 0 atom stereocenters. The van der Waals surface area contributed by atoms with Crippen LogP contribution in [0.15, 0.2) is 42.5 Å². The van der Waals surface area contributed by atoms with Gasteiger partial charge in [-0.05, 0) is 46.1 Å². The van der Waals surface area contributed by atoms with E-state index in [0.29, 0.717) is 0 Å². The molecule has 0 bridgehead atoms. The Kier molecular flexibility index (Phi) is 2.55. The lowest BCUT2D eigenvalue weighted by Gasteiger charge is -2.19. The van der Waals surface area contributed by atoms with Gasteiger partial charge in [0.05, 0.1) is 0 Å². The van der Waals surface area contributed by atoms with E-state index < -0.39 is 0 Å². The second-order valence-electron chi connectivity index (χ2n) is 6.22. The fraction of sp³-hybridized carbons (Fsp3) is 0.278. The molecule has 0 spiro atoms. The highest BCUT2D eigenvalue weighted by molar-refractivity contribution is 5.78. The minimum atomic E-state index is 0.226. The predicted octanol–water partition coefficient (Wildman–Crippen LogP) is 4.86. The Morgan fingerprint density at radius 3 is 2.39 bits per heavy atom. The minimum absolute atomic E-state index is 0.226. The first-order chi connectivity index (χ1) is 8.54. The molecule has 0 amide bonds. The molecule has 91 valence electrons. The molecule has 0 aromatic heterocycles. The van der Waals surface area contributed by atoms with Crippen molar-refractivity contribution in [3.8, 4) is 11.1 Å². The largest absolute Gasteiger partial charge is 0.0619 e. The first-order valence-electron chi connectivity index (χ1n) is 6.61. The maximum atomic E-state index is 2.39. The summed E-state index contributed by atoms with van der Waals surface area (Å²) in [6.45, 7) is 6.78. The molecule has 0 saturated carbocycles. The molecule has 1 aliphatic carbocycles. The molecule has 0 N–H and O–H groups in total. The molecule has 1 aliphatic rings. The Hall–Kier alpha value is -1.56. The van der Waals surface area contributed by atoms with Gasteiger partial charge >= 0.3 is 0 Å². The topological polar surface area (TPSA) is 0 Å². The monoisotopic (exact) mass is 235 g/mol. The molecule has 0 heteroatoms. The van der Waals surface area contributed by atoms with Crippen LogP contribution in [-0.2, 0) is 6.42 Å². The second kappa shape index (κ2) is 3.98. The third kappa shape index (κ3) is 1.96. The summed E-state index contributed by atoms with van der Waals surface area (Å²) < 4.78 is 0. The highest BCUT2D eigenvalue weighted by Crippen LogP contribution is 2.40. The molecule has 18 heavy (non-hydrogen) atoms. The zero-order chi connectivity index (χ0) is 12.8. The summed E-state index contributed by atoms with van der Waals surface area (Å²) in [6, 6.07) is 15.4. The summed E-state index contributed by atoms with van der Waals surface area (Å²) in [7, 11) is 0. The average Bonchev–Trinajstić information content (AvgIpc) is 2.67. The van der Waals surface area contributed by atoms with Crippen LogP contribution in [0.4, 0.5) is 0 Å². The van der Waals surface area contributed by atoms with Gasteiger partial charge in [-0.3, -0.25) is 0 Å². The number of benzene rings is 2. The number of hydrogen-bond donors (Lipinski definition) is 0. The van der Waals surface area contributed by atoms with Crippen molar-refractivity contribution in [2.45, 2.75) is 27.2 Å². The Labute approximate surface area is 110 Å². The minimum Gasteiger partial charge on any atom is -0.0619 e. The summed E-state index contributed by atoms with van der Waals surface area (Å²) in [4.78, 5) is 0. The summed E-state index contributed by atoms with van der Waals surface area (Å²) in [5.41, 5.74) is 7.41. The van der Waals surface area contributed by atoms with Gasteiger partial charge in [0, 0.05) is 0 Å². The van der Waals surface area contributed by atoms with E-state index in [2.05, 4.69) is 69.7 Å². The lowest BCUT2D eigenvalue weighted by molar-refractivity contribution is 0.505. The van der Waals surface area contributed by atoms with Crippen molar-refractivity contribution >= 4 is 0 Å². The Balaban J connectivity index is 2.09. The lowest BCUT2D eigenvalue weighted by atomic mass is 9.85. The van der Waals surface area contributed by atoms with Gasteiger partial charge in [0.1, 0.15) is 0 Å². The predicted molar refractivity (Wildman–Crippen MR) is 77.5 cm³/mol. The lowest BCUT2D eigenvalue weighted by Crippen LogP contribution is -2.08. The van der Waals surface area contributed by atoms with Gasteiger partial charge in [0.25, 0.3) is 0 Å². The number of fused-ring (bicyclic) bond motifs is 3. The number of hydrogen-bond acceptors (Lipinski definition) is 0. The second-order valence-corrected chi connectivity index (χ2v) is 6.22. The van der Waals surface area contributed by atoms with Crippen molar-refractivity contribution in [1.29, 1.82) is 0 Å². The normalized spacial score (nSPS) is 13.3. The maximum Gasteiger partial charge on any atom is -0.00106 e. The Bertz CT molecular complexity index is 585. The fourth-order valence-electron chi connectivity index (χ4n) is 2.78. The van der Waals surface area contributed by atoms with Gasteiger partial charge in [-0.15, -0.1) is 0 Å². The van der Waals surface area contributed by atoms with Crippen LogP contribution in [-0.4, -0.2) is 0 Å². The van der Waals surface area contributed by atoms with Crippen molar-refractivity contribution in [2.24, 2.45) is 5.41 Å². The van der Waals surface area contributed by atoms with Crippen molar-refractivity contribution in [3.63, 3.8) is 0 Å². The Morgan fingerprint density at radius 1 is 0.889 bits per heavy atom. The SMILES string of the molecule is CC(C)(C)[CH]c1cccc2c1Cc1ccccc1-2. The molecule has 2 aromatic carbocycles. The van der Waals surface area contributed by atoms with Crippen LogP contribution >= 0.6 is 0 Å². The number of rotatable bonds is 1. The summed E-state index contributed by atoms with van der Waals surface area (Å²) in [6.07, 6.45) is 3.46. The van der Waals surface area contributed by atoms with Gasteiger partial charge in [-0.2, -0.15) is 0 Å². The first-order valence-corrected chi connectivity index (χ1v) is 6.61. The van der Waals surface area contributed by atoms with E-state index >= 15 is 0 Å². The summed E-state index contributed by atoms with van der Waals surface area (Å²) in [5.74, 6) is 0. The standard InChI is InChI=1S/C18H19/c1-18(2,3)12-14-8-6-10-16-15-9-5-4-7-13(15)11-17(14)16/h4-10,12H,11H2,1-3H3. The molecule has 0 saturated heterocycles. The summed E-state index contributed by atoms with van der Waals surface area (Å²) >= 11 is 0. The first kappa shape index (κ1) is 11.5. The van der Waals surface area contributed by atoms with Gasteiger partial charge in [0.2, 0.25) is 0 Å². The Morgan fingerprint density at radius 2 is 1.61 bits per heavy atom. The molecule has 0 heterocycles. The van der Waals surface area contributed by atoms with Crippen LogP contribution in [0.25, 0.3) is 11.1 Å². The molecule has 0 unspecified atom stereocenters. The zero-order valence-corrected chi connectivity index (χ0v) is 11.3. The molecule has 0 aliphatic heterocycles. The van der Waals surface area contributed by atoms with E-state index in [0.717, 1.165) is 6.42 Å². The molecule has 1 radical (unpaired) electrons. The van der Waals surface area contributed by atoms with E-state index in [1.165, 1.54) is 27.8 Å². The van der Waals surface area contributed by atoms with Crippen LogP contribution in [0.2, 0.25) is 0 Å². The van der Waals surface area contributed by atoms with Crippen LogP contribution in [0.5, 0.6) is 0 Å². The van der Waals surface area contributed by atoms with Crippen molar-refractivity contribution < 1.29 is 0 Å². The zero-order valence-electron chi connectivity index (χ0n) is 11.3. The highest BCUT2D eigenvalue weighted by Gasteiger charge is 2.22. The van der Waals surface area contributed by atoms with Gasteiger partial charge in [-0.25, -0.2) is 0 Å². The average molecular weight is 235 g/mol. The highest BCUT2D eigenvalue weighted by atomic mass is 14.3. The van der Waals surface area contributed by atoms with Crippen LogP contribution in [0.1, 0.15) is 37.5 Å². The summed E-state index contributed by atoms with van der Waals surface area (Å²) in [5, 5.41) is 0. The quantitative estimate of drug-likeness (QED) is 0.565. The maximum absolute atomic E-state index is 2.39. The van der Waals surface area contributed by atoms with E-state index in [4.69, 9.17) is 0 Å². The van der Waals surface area contributed by atoms with Gasteiger partial charge < -0.3 is 0 Å². The van der Waals surface area contributed by atoms with Crippen LogP contribution in [0, 0.1) is 11.8 Å². The van der Waals surface area contributed by atoms with Crippen LogP contribution in [0.3, 0.4) is 0 Å². The molecule has 0 fully saturated rings. The molecular formula is C18H19. The third-order valence-corrected chi connectivity index (χ3v) is 3.48. The van der Waals surface area contributed by atoms with Gasteiger partial charge in [-0.1, -0.05) is 63.2 Å². The molecule has 0 nitrogen and oxygen atoms in total. The van der Waals surface area contributed by atoms with E-state index in [-0.39, 0.29) is 5.41 Å². The molecule has 2 aromatic rings. The van der Waals surface area contributed by atoms with Crippen molar-refractivity contribution in [1.82, 2.24) is 0 Å². The van der Waals surface area contributed by atoms with Gasteiger partial charge in [0.15, 0.2) is 0 Å². The molecular weight excluding hydrogens is 216 g/mol. The van der Waals surface area contributed by atoms with Crippen molar-refractivity contribution in [2.75, 3.05) is 0 Å². The van der Waals surface area contributed by atoms with E-state index in [1.807, 2.05) is 0 Å². The fourth-order valence-corrected chi connectivity index (χ4v) is 2.78. The van der Waals surface area contributed by atoms with Crippen molar-refractivity contribution in [3.05, 3.63) is 65.6 Å².